The lowest BCUT2D eigenvalue weighted by Crippen LogP contribution is -2.47. The van der Waals surface area contributed by atoms with Crippen molar-refractivity contribution < 1.29 is 15.0 Å². The molecule has 25 heavy (non-hydrogen) atoms. The van der Waals surface area contributed by atoms with Gasteiger partial charge in [0.05, 0.1) is 5.60 Å². The summed E-state index contributed by atoms with van der Waals surface area (Å²) in [5.74, 6) is -0.383. The monoisotopic (exact) mass is 345 g/mol. The molecule has 1 aromatic rings. The Labute approximate surface area is 148 Å². The molecule has 1 unspecified atom stereocenters. The number of aromatic nitrogens is 1. The third-order valence-electron chi connectivity index (χ3n) is 5.86. The molecule has 2 N–H and O–H groups in total. The van der Waals surface area contributed by atoms with Gasteiger partial charge < -0.3 is 20.0 Å². The Morgan fingerprint density at radius 1 is 1.16 bits per heavy atom. The highest BCUT2D eigenvalue weighted by atomic mass is 16.4. The normalized spacial score (nSPS) is 26.8. The SMILES string of the molecule is O=C(O)c1cc2c(nc1N1CCC(O)(CN3CCCCC3)C1)CCC2. The van der Waals surface area contributed by atoms with E-state index in [9.17, 15) is 15.0 Å². The van der Waals surface area contributed by atoms with Gasteiger partial charge in [-0.25, -0.2) is 9.78 Å². The molecule has 0 saturated carbocycles. The molecule has 0 radical (unpaired) electrons. The second-order valence-electron chi connectivity index (χ2n) is 7.86. The Hall–Kier alpha value is -1.66. The van der Waals surface area contributed by atoms with Crippen molar-refractivity contribution in [2.45, 2.75) is 50.5 Å². The van der Waals surface area contributed by atoms with Crippen molar-refractivity contribution in [3.05, 3.63) is 22.9 Å². The lowest BCUT2D eigenvalue weighted by Gasteiger charge is -2.33. The number of nitrogens with zero attached hydrogens (tertiary/aromatic N) is 3. The van der Waals surface area contributed by atoms with E-state index < -0.39 is 11.6 Å². The Bertz CT molecular complexity index is 672. The molecule has 3 heterocycles. The second kappa shape index (κ2) is 6.57. The van der Waals surface area contributed by atoms with Gasteiger partial charge in [0.25, 0.3) is 0 Å². The van der Waals surface area contributed by atoms with Crippen LogP contribution in [0.25, 0.3) is 0 Å². The van der Waals surface area contributed by atoms with Crippen molar-refractivity contribution in [3.63, 3.8) is 0 Å². The topological polar surface area (TPSA) is 76.9 Å². The first-order valence-electron chi connectivity index (χ1n) is 9.50. The number of pyridine rings is 1. The standard InChI is InChI=1S/C19H27N3O3/c23-18(24)15-11-14-5-4-6-16(14)20-17(15)22-10-7-19(25,13-22)12-21-8-2-1-3-9-21/h11,25H,1-10,12-13H2,(H,23,24). The minimum atomic E-state index is -0.927. The lowest BCUT2D eigenvalue weighted by molar-refractivity contribution is 0.0169. The fraction of sp³-hybridized carbons (Fsp3) is 0.684. The summed E-state index contributed by atoms with van der Waals surface area (Å²) in [7, 11) is 0. The second-order valence-corrected chi connectivity index (χ2v) is 7.86. The van der Waals surface area contributed by atoms with Crippen molar-refractivity contribution in [2.75, 3.05) is 37.6 Å². The number of carbonyl (C=O) groups is 1. The van der Waals surface area contributed by atoms with E-state index in [4.69, 9.17) is 0 Å². The molecule has 1 aromatic heterocycles. The van der Waals surface area contributed by atoms with Gasteiger partial charge in [-0.15, -0.1) is 0 Å². The van der Waals surface area contributed by atoms with Crippen LogP contribution in [0.1, 0.15) is 53.7 Å². The zero-order chi connectivity index (χ0) is 17.4. The van der Waals surface area contributed by atoms with Crippen molar-refractivity contribution in [2.24, 2.45) is 0 Å². The van der Waals surface area contributed by atoms with Crippen LogP contribution in [0.4, 0.5) is 5.82 Å². The molecule has 4 rings (SSSR count). The molecule has 2 aliphatic heterocycles. The Balaban J connectivity index is 1.54. The van der Waals surface area contributed by atoms with E-state index in [0.29, 0.717) is 31.9 Å². The largest absolute Gasteiger partial charge is 0.478 e. The molecule has 1 atom stereocenters. The Morgan fingerprint density at radius 3 is 2.72 bits per heavy atom. The van der Waals surface area contributed by atoms with Crippen LogP contribution in [-0.2, 0) is 12.8 Å². The van der Waals surface area contributed by atoms with E-state index >= 15 is 0 Å². The van der Waals surface area contributed by atoms with Gasteiger partial charge >= 0.3 is 5.97 Å². The molecule has 6 nitrogen and oxygen atoms in total. The predicted molar refractivity (Wildman–Crippen MR) is 95.3 cm³/mol. The summed E-state index contributed by atoms with van der Waals surface area (Å²) < 4.78 is 0. The van der Waals surface area contributed by atoms with Crippen LogP contribution in [0.3, 0.4) is 0 Å². The average Bonchev–Trinajstić information content (AvgIpc) is 3.20. The zero-order valence-electron chi connectivity index (χ0n) is 14.7. The number of likely N-dealkylation sites (tertiary alicyclic amines) is 1. The summed E-state index contributed by atoms with van der Waals surface area (Å²) in [6.45, 7) is 3.92. The highest BCUT2D eigenvalue weighted by Gasteiger charge is 2.39. The molecule has 3 aliphatic rings. The van der Waals surface area contributed by atoms with Crippen LogP contribution in [0.5, 0.6) is 0 Å². The van der Waals surface area contributed by atoms with Gasteiger partial charge in [0.2, 0.25) is 0 Å². The summed E-state index contributed by atoms with van der Waals surface area (Å²) >= 11 is 0. The van der Waals surface area contributed by atoms with Crippen LogP contribution >= 0.6 is 0 Å². The van der Waals surface area contributed by atoms with Crippen molar-refractivity contribution >= 4 is 11.8 Å². The summed E-state index contributed by atoms with van der Waals surface area (Å²) in [6.07, 6.45) is 7.24. The number of aryl methyl sites for hydroxylation is 2. The van der Waals surface area contributed by atoms with Crippen LogP contribution in [0.15, 0.2) is 6.07 Å². The number of hydrogen-bond acceptors (Lipinski definition) is 5. The van der Waals surface area contributed by atoms with Crippen LogP contribution in [0, 0.1) is 0 Å². The number of rotatable bonds is 4. The number of β-amino-alcohol motifs (C(OH)–C–C–N with tert-alkyl or cyclic N) is 1. The van der Waals surface area contributed by atoms with Crippen molar-refractivity contribution in [3.8, 4) is 0 Å². The molecule has 2 fully saturated rings. The minimum Gasteiger partial charge on any atom is -0.478 e. The van der Waals surface area contributed by atoms with E-state index in [1.54, 1.807) is 6.07 Å². The fourth-order valence-corrected chi connectivity index (χ4v) is 4.56. The quantitative estimate of drug-likeness (QED) is 0.865. The molecule has 6 heteroatoms. The highest BCUT2D eigenvalue weighted by Crippen LogP contribution is 2.32. The molecule has 2 saturated heterocycles. The summed E-state index contributed by atoms with van der Waals surface area (Å²) in [5, 5.41) is 20.7. The van der Waals surface area contributed by atoms with Crippen LogP contribution in [-0.4, -0.2) is 64.4 Å². The van der Waals surface area contributed by atoms with Gasteiger partial charge in [0, 0.05) is 25.3 Å². The summed E-state index contributed by atoms with van der Waals surface area (Å²) in [6, 6.07) is 1.80. The zero-order valence-corrected chi connectivity index (χ0v) is 14.7. The molecular formula is C19H27N3O3. The minimum absolute atomic E-state index is 0.280. The van der Waals surface area contributed by atoms with Gasteiger partial charge in [-0.05, 0) is 63.2 Å². The summed E-state index contributed by atoms with van der Waals surface area (Å²) in [5.41, 5.74) is 1.62. The maximum atomic E-state index is 11.7. The Kier molecular flexibility index (Phi) is 4.41. The number of carboxylic acids is 1. The first-order chi connectivity index (χ1) is 12.0. The number of carboxylic acid groups (broad SMARTS) is 1. The highest BCUT2D eigenvalue weighted by molar-refractivity contribution is 5.93. The molecule has 1 aliphatic carbocycles. The Morgan fingerprint density at radius 2 is 1.96 bits per heavy atom. The van der Waals surface area contributed by atoms with Crippen LogP contribution < -0.4 is 4.90 Å². The number of aliphatic hydroxyl groups is 1. The van der Waals surface area contributed by atoms with E-state index in [1.165, 1.54) is 19.3 Å². The number of anilines is 1. The average molecular weight is 345 g/mol. The van der Waals surface area contributed by atoms with Gasteiger partial charge in [-0.2, -0.15) is 0 Å². The molecule has 0 spiro atoms. The summed E-state index contributed by atoms with van der Waals surface area (Å²) in [4.78, 5) is 20.7. The maximum absolute atomic E-state index is 11.7. The van der Waals surface area contributed by atoms with E-state index in [0.717, 1.165) is 43.6 Å². The van der Waals surface area contributed by atoms with Gasteiger partial charge in [-0.1, -0.05) is 6.42 Å². The molecule has 0 bridgehead atoms. The van der Waals surface area contributed by atoms with Gasteiger partial charge in [0.1, 0.15) is 11.4 Å². The fourth-order valence-electron chi connectivity index (χ4n) is 4.56. The predicted octanol–water partition coefficient (Wildman–Crippen LogP) is 1.70. The lowest BCUT2D eigenvalue weighted by atomic mass is 10.0. The molecule has 0 aromatic carbocycles. The molecule has 0 amide bonds. The van der Waals surface area contributed by atoms with Crippen molar-refractivity contribution in [1.29, 1.82) is 0 Å². The first kappa shape index (κ1) is 16.8. The third-order valence-corrected chi connectivity index (χ3v) is 5.86. The maximum Gasteiger partial charge on any atom is 0.339 e. The smallest absolute Gasteiger partial charge is 0.339 e. The van der Waals surface area contributed by atoms with Gasteiger partial charge in [-0.3, -0.25) is 0 Å². The van der Waals surface area contributed by atoms with Crippen molar-refractivity contribution in [1.82, 2.24) is 9.88 Å². The number of piperidine rings is 1. The molecule has 136 valence electrons. The molecular weight excluding hydrogens is 318 g/mol. The number of aromatic carboxylic acids is 1. The van der Waals surface area contributed by atoms with E-state index in [-0.39, 0.29) is 5.56 Å². The number of hydrogen-bond donors (Lipinski definition) is 2. The first-order valence-corrected chi connectivity index (χ1v) is 9.50. The van der Waals surface area contributed by atoms with Gasteiger partial charge in [0.15, 0.2) is 0 Å². The van der Waals surface area contributed by atoms with E-state index in [1.807, 2.05) is 4.90 Å². The third kappa shape index (κ3) is 3.37. The van der Waals surface area contributed by atoms with Crippen LogP contribution in [0.2, 0.25) is 0 Å². The van der Waals surface area contributed by atoms with E-state index in [2.05, 4.69) is 9.88 Å². The number of fused-ring (bicyclic) bond motifs is 1.